The Hall–Kier alpha value is -2.92. The van der Waals surface area contributed by atoms with Gasteiger partial charge in [-0.2, -0.15) is 0 Å². The van der Waals surface area contributed by atoms with Gasteiger partial charge in [-0.25, -0.2) is 8.78 Å². The molecule has 0 aromatic heterocycles. The Morgan fingerprint density at radius 3 is 2.32 bits per heavy atom. The molecule has 3 aromatic carbocycles. The van der Waals surface area contributed by atoms with Gasteiger partial charge >= 0.3 is 0 Å². The van der Waals surface area contributed by atoms with Gasteiger partial charge in [-0.15, -0.1) is 0 Å². The number of para-hydroxylation sites is 3. The van der Waals surface area contributed by atoms with Crippen molar-refractivity contribution in [2.75, 3.05) is 5.32 Å². The molecule has 0 aliphatic carbocycles. The maximum atomic E-state index is 13.8. The first kappa shape index (κ1) is 16.9. The van der Waals surface area contributed by atoms with Crippen LogP contribution in [0, 0.1) is 11.6 Å². The molecule has 0 radical (unpaired) electrons. The van der Waals surface area contributed by atoms with Crippen molar-refractivity contribution < 1.29 is 18.3 Å². The van der Waals surface area contributed by atoms with Crippen LogP contribution in [-0.4, -0.2) is 5.91 Å². The fourth-order valence-electron chi connectivity index (χ4n) is 2.17. The molecular weight excluding hydrogens is 348 g/mol. The summed E-state index contributed by atoms with van der Waals surface area (Å²) in [5, 5.41) is 2.97. The van der Waals surface area contributed by atoms with Crippen molar-refractivity contribution >= 4 is 23.2 Å². The molecule has 0 unspecified atom stereocenters. The summed E-state index contributed by atoms with van der Waals surface area (Å²) < 4.78 is 32.5. The van der Waals surface area contributed by atoms with E-state index in [0.29, 0.717) is 28.3 Å². The first-order valence-electron chi connectivity index (χ1n) is 7.32. The van der Waals surface area contributed by atoms with E-state index >= 15 is 0 Å². The Kier molecular flexibility index (Phi) is 4.95. The van der Waals surface area contributed by atoms with Gasteiger partial charge in [0.25, 0.3) is 5.91 Å². The molecule has 3 rings (SSSR count). The molecule has 0 aliphatic heterocycles. The standard InChI is InChI=1S/C19H12ClF2NO2/c20-14-5-1-3-7-17(14)25-18-8-4-2-6-16(18)23-19(24)13-10-9-12(21)11-15(13)22/h1-11H,(H,23,24). The van der Waals surface area contributed by atoms with E-state index in [9.17, 15) is 13.6 Å². The van der Waals surface area contributed by atoms with Crippen LogP contribution < -0.4 is 10.1 Å². The topological polar surface area (TPSA) is 38.3 Å². The highest BCUT2D eigenvalue weighted by Gasteiger charge is 2.15. The smallest absolute Gasteiger partial charge is 0.258 e. The molecule has 3 aromatic rings. The molecule has 3 nitrogen and oxygen atoms in total. The monoisotopic (exact) mass is 359 g/mol. The first-order chi connectivity index (χ1) is 12.0. The number of benzene rings is 3. The third-order valence-corrected chi connectivity index (χ3v) is 3.68. The molecule has 0 aliphatic rings. The van der Waals surface area contributed by atoms with E-state index < -0.39 is 17.5 Å². The van der Waals surface area contributed by atoms with E-state index in [-0.39, 0.29) is 5.56 Å². The fourth-order valence-corrected chi connectivity index (χ4v) is 2.34. The van der Waals surface area contributed by atoms with Crippen molar-refractivity contribution in [3.05, 3.63) is 89.0 Å². The van der Waals surface area contributed by atoms with Crippen LogP contribution >= 0.6 is 11.6 Å². The van der Waals surface area contributed by atoms with Gasteiger partial charge in [0.15, 0.2) is 5.75 Å². The number of nitrogens with one attached hydrogen (secondary N) is 1. The number of hydrogen-bond acceptors (Lipinski definition) is 2. The highest BCUT2D eigenvalue weighted by atomic mass is 35.5. The quantitative estimate of drug-likeness (QED) is 0.652. The maximum absolute atomic E-state index is 13.8. The van der Waals surface area contributed by atoms with Gasteiger partial charge in [-0.3, -0.25) is 4.79 Å². The molecular formula is C19H12ClF2NO2. The van der Waals surface area contributed by atoms with Crippen LogP contribution in [0.4, 0.5) is 14.5 Å². The van der Waals surface area contributed by atoms with Crippen LogP contribution in [0.15, 0.2) is 66.7 Å². The van der Waals surface area contributed by atoms with Crippen molar-refractivity contribution in [1.29, 1.82) is 0 Å². The number of carbonyl (C=O) groups is 1. The lowest BCUT2D eigenvalue weighted by molar-refractivity contribution is 0.102. The van der Waals surface area contributed by atoms with Gasteiger partial charge in [0.2, 0.25) is 0 Å². The molecule has 0 heterocycles. The summed E-state index contributed by atoms with van der Waals surface area (Å²) in [5.74, 6) is -1.66. The minimum Gasteiger partial charge on any atom is -0.454 e. The van der Waals surface area contributed by atoms with Crippen molar-refractivity contribution in [3.63, 3.8) is 0 Å². The molecule has 0 atom stereocenters. The summed E-state index contributed by atoms with van der Waals surface area (Å²) in [7, 11) is 0. The van der Waals surface area contributed by atoms with Crippen molar-refractivity contribution in [3.8, 4) is 11.5 Å². The predicted molar refractivity (Wildman–Crippen MR) is 92.3 cm³/mol. The third-order valence-electron chi connectivity index (χ3n) is 3.37. The lowest BCUT2D eigenvalue weighted by atomic mass is 10.2. The van der Waals surface area contributed by atoms with Crippen molar-refractivity contribution in [2.24, 2.45) is 0 Å². The molecule has 0 saturated heterocycles. The molecule has 126 valence electrons. The van der Waals surface area contributed by atoms with E-state index in [4.69, 9.17) is 16.3 Å². The number of amides is 1. The zero-order valence-electron chi connectivity index (χ0n) is 12.8. The van der Waals surface area contributed by atoms with Crippen molar-refractivity contribution in [1.82, 2.24) is 0 Å². The van der Waals surface area contributed by atoms with E-state index in [1.54, 1.807) is 48.5 Å². The number of carbonyl (C=O) groups excluding carboxylic acids is 1. The Balaban J connectivity index is 1.86. The lowest BCUT2D eigenvalue weighted by Gasteiger charge is -2.13. The largest absolute Gasteiger partial charge is 0.454 e. The van der Waals surface area contributed by atoms with Gasteiger partial charge in [-0.05, 0) is 36.4 Å². The minimum absolute atomic E-state index is 0.269. The van der Waals surface area contributed by atoms with Crippen molar-refractivity contribution in [2.45, 2.75) is 0 Å². The lowest BCUT2D eigenvalue weighted by Crippen LogP contribution is -2.14. The SMILES string of the molecule is O=C(Nc1ccccc1Oc1ccccc1Cl)c1ccc(F)cc1F. The third kappa shape index (κ3) is 3.95. The van der Waals surface area contributed by atoms with E-state index in [0.717, 1.165) is 12.1 Å². The fraction of sp³-hybridized carbons (Fsp3) is 0. The van der Waals surface area contributed by atoms with Gasteiger partial charge in [-0.1, -0.05) is 35.9 Å². The molecule has 1 amide bonds. The Morgan fingerprint density at radius 1 is 0.920 bits per heavy atom. The van der Waals surface area contributed by atoms with Crippen LogP contribution in [0.1, 0.15) is 10.4 Å². The highest BCUT2D eigenvalue weighted by molar-refractivity contribution is 6.32. The van der Waals surface area contributed by atoms with E-state index in [2.05, 4.69) is 5.32 Å². The van der Waals surface area contributed by atoms with Crippen LogP contribution in [0.3, 0.4) is 0 Å². The summed E-state index contributed by atoms with van der Waals surface area (Å²) in [6.07, 6.45) is 0. The predicted octanol–water partition coefficient (Wildman–Crippen LogP) is 5.66. The zero-order valence-corrected chi connectivity index (χ0v) is 13.6. The highest BCUT2D eigenvalue weighted by Crippen LogP contribution is 2.33. The average molecular weight is 360 g/mol. The molecule has 1 N–H and O–H groups in total. The van der Waals surface area contributed by atoms with E-state index in [1.165, 1.54) is 0 Å². The molecule has 0 bridgehead atoms. The Labute approximate surface area is 147 Å². The van der Waals surface area contributed by atoms with Gasteiger partial charge in [0, 0.05) is 6.07 Å². The normalized spacial score (nSPS) is 10.4. The van der Waals surface area contributed by atoms with Crippen LogP contribution in [0.25, 0.3) is 0 Å². The Bertz CT molecular complexity index is 931. The summed E-state index contributed by atoms with van der Waals surface area (Å²) >= 11 is 6.07. The second-order valence-electron chi connectivity index (χ2n) is 5.11. The second-order valence-corrected chi connectivity index (χ2v) is 5.51. The van der Waals surface area contributed by atoms with Crippen LogP contribution in [0.2, 0.25) is 5.02 Å². The number of ether oxygens (including phenoxy) is 1. The summed E-state index contributed by atoms with van der Waals surface area (Å²) in [6, 6.07) is 16.3. The molecule has 0 fully saturated rings. The minimum atomic E-state index is -0.943. The molecule has 6 heteroatoms. The molecule has 25 heavy (non-hydrogen) atoms. The number of rotatable bonds is 4. The van der Waals surface area contributed by atoms with E-state index in [1.807, 2.05) is 0 Å². The number of anilines is 1. The zero-order chi connectivity index (χ0) is 17.8. The van der Waals surface area contributed by atoms with Gasteiger partial charge < -0.3 is 10.1 Å². The average Bonchev–Trinajstić information content (AvgIpc) is 2.58. The summed E-state index contributed by atoms with van der Waals surface area (Å²) in [6.45, 7) is 0. The van der Waals surface area contributed by atoms with Gasteiger partial charge in [0.1, 0.15) is 17.4 Å². The number of halogens is 3. The van der Waals surface area contributed by atoms with Crippen LogP contribution in [-0.2, 0) is 0 Å². The maximum Gasteiger partial charge on any atom is 0.258 e. The van der Waals surface area contributed by atoms with Crippen LogP contribution in [0.5, 0.6) is 11.5 Å². The Morgan fingerprint density at radius 2 is 1.60 bits per heavy atom. The molecule has 0 spiro atoms. The first-order valence-corrected chi connectivity index (χ1v) is 7.70. The second kappa shape index (κ2) is 7.32. The number of hydrogen-bond donors (Lipinski definition) is 1. The summed E-state index contributed by atoms with van der Waals surface area (Å²) in [5.41, 5.74) is 0.0603. The molecule has 0 saturated carbocycles. The summed E-state index contributed by atoms with van der Waals surface area (Å²) in [4.78, 5) is 12.3. The van der Waals surface area contributed by atoms with Gasteiger partial charge in [0.05, 0.1) is 16.3 Å².